The molecule has 0 amide bonds. The van der Waals surface area contributed by atoms with Gasteiger partial charge < -0.3 is 9.47 Å². The Labute approximate surface area is 376 Å². The van der Waals surface area contributed by atoms with Crippen molar-refractivity contribution in [2.24, 2.45) is 0 Å². The molecule has 0 saturated heterocycles. The Morgan fingerprint density at radius 1 is 0.406 bits per heavy atom. The molecule has 13 rings (SSSR count). The zero-order chi connectivity index (χ0) is 42.5. The number of thiophene rings is 1. The highest BCUT2D eigenvalue weighted by Gasteiger charge is 2.35. The second kappa shape index (κ2) is 14.2. The number of fused-ring (bicyclic) bond motifs is 11. The molecule has 0 aliphatic heterocycles. The molecule has 0 bridgehead atoms. The van der Waals surface area contributed by atoms with E-state index >= 15 is 0 Å². The zero-order valence-corrected chi connectivity index (χ0v) is 36.4. The molecule has 0 atom stereocenters. The number of para-hydroxylation sites is 1. The van der Waals surface area contributed by atoms with Crippen LogP contribution in [0.3, 0.4) is 0 Å². The molecule has 1 aliphatic carbocycles. The average Bonchev–Trinajstić information content (AvgIpc) is 3.96. The summed E-state index contributed by atoms with van der Waals surface area (Å²) < 4.78 is 5.09. The van der Waals surface area contributed by atoms with Gasteiger partial charge in [0, 0.05) is 43.6 Å². The summed E-state index contributed by atoms with van der Waals surface area (Å²) in [6, 6.07) is 80.8. The molecule has 1 aliphatic rings. The van der Waals surface area contributed by atoms with E-state index in [9.17, 15) is 0 Å². The normalized spacial score (nSPS) is 13.0. The average molecular weight is 835 g/mol. The van der Waals surface area contributed by atoms with Gasteiger partial charge in [-0.05, 0) is 139 Å². The summed E-state index contributed by atoms with van der Waals surface area (Å²) in [5, 5.41) is 7.55. The first-order chi connectivity index (χ1) is 31.5. The van der Waals surface area contributed by atoms with Gasteiger partial charge in [0.05, 0.1) is 15.7 Å². The topological polar surface area (TPSA) is 8.17 Å². The van der Waals surface area contributed by atoms with Gasteiger partial charge in [0.1, 0.15) is 0 Å². The standard InChI is InChI=1S/C61H42N2S/c1-61(2)55-19-11-9-17-51(55)52-33-30-48(38-56(52)61)62(46-27-23-40(24-28-46)39-13-5-3-6-14-39)47-29-32-50-44(36-47)22-21-43-35-41(25-31-49(43)50)42-26-34-57-54(37-42)60-59(53-18-10-12-20-58(53)64-60)63(57)45-15-7-4-8-16-45/h3-38H,1-2H3. The first kappa shape index (κ1) is 36.9. The van der Waals surface area contributed by atoms with Gasteiger partial charge in [-0.2, -0.15) is 0 Å². The minimum absolute atomic E-state index is 0.101. The molecule has 0 fully saturated rings. The molecular formula is C61H42N2S. The largest absolute Gasteiger partial charge is 0.310 e. The zero-order valence-electron chi connectivity index (χ0n) is 35.6. The predicted octanol–water partition coefficient (Wildman–Crippen LogP) is 17.4. The maximum Gasteiger partial charge on any atom is 0.0727 e. The lowest BCUT2D eigenvalue weighted by Gasteiger charge is -2.28. The van der Waals surface area contributed by atoms with Crippen LogP contribution in [0.25, 0.3) is 91.8 Å². The van der Waals surface area contributed by atoms with E-state index in [2.05, 4.69) is 242 Å². The molecule has 12 aromatic rings. The van der Waals surface area contributed by atoms with Gasteiger partial charge in [0.25, 0.3) is 0 Å². The number of aromatic nitrogens is 1. The van der Waals surface area contributed by atoms with E-state index in [-0.39, 0.29) is 5.41 Å². The van der Waals surface area contributed by atoms with Crippen molar-refractivity contribution >= 4 is 81.1 Å². The van der Waals surface area contributed by atoms with Crippen LogP contribution in [0.2, 0.25) is 0 Å². The van der Waals surface area contributed by atoms with Crippen molar-refractivity contribution in [3.8, 4) is 39.1 Å². The lowest BCUT2D eigenvalue weighted by Crippen LogP contribution is -2.16. The SMILES string of the molecule is CC1(C)c2ccccc2-c2ccc(N(c3ccc(-c4ccccc4)cc3)c3ccc4c(ccc5cc(-c6ccc7c(c6)c6sc8ccccc8c6n7-c6ccccc6)ccc54)c3)cc21. The molecule has 3 heteroatoms. The summed E-state index contributed by atoms with van der Waals surface area (Å²) in [5.41, 5.74) is 17.3. The van der Waals surface area contributed by atoms with Gasteiger partial charge in [-0.25, -0.2) is 0 Å². The van der Waals surface area contributed by atoms with Crippen molar-refractivity contribution < 1.29 is 0 Å². The van der Waals surface area contributed by atoms with E-state index in [0.717, 1.165) is 17.1 Å². The Morgan fingerprint density at radius 2 is 1.00 bits per heavy atom. The fraction of sp³-hybridized carbons (Fsp3) is 0.0492. The summed E-state index contributed by atoms with van der Waals surface area (Å²) in [5.74, 6) is 0. The first-order valence-electron chi connectivity index (χ1n) is 22.2. The summed E-state index contributed by atoms with van der Waals surface area (Å²) in [7, 11) is 0. The second-order valence-corrected chi connectivity index (χ2v) is 18.8. The smallest absolute Gasteiger partial charge is 0.0727 e. The van der Waals surface area contributed by atoms with E-state index in [1.165, 1.54) is 103 Å². The molecule has 2 heterocycles. The van der Waals surface area contributed by atoms with E-state index in [1.807, 2.05) is 11.3 Å². The second-order valence-electron chi connectivity index (χ2n) is 17.7. The molecule has 0 N–H and O–H groups in total. The molecule has 64 heavy (non-hydrogen) atoms. The monoisotopic (exact) mass is 834 g/mol. The summed E-state index contributed by atoms with van der Waals surface area (Å²) in [6.07, 6.45) is 0. The summed E-state index contributed by atoms with van der Waals surface area (Å²) >= 11 is 1.89. The summed E-state index contributed by atoms with van der Waals surface area (Å²) in [4.78, 5) is 2.43. The molecule has 0 radical (unpaired) electrons. The number of nitrogens with zero attached hydrogens (tertiary/aromatic N) is 2. The van der Waals surface area contributed by atoms with Gasteiger partial charge in [0.15, 0.2) is 0 Å². The van der Waals surface area contributed by atoms with E-state index < -0.39 is 0 Å². The van der Waals surface area contributed by atoms with Gasteiger partial charge in [-0.3, -0.25) is 0 Å². The molecule has 0 unspecified atom stereocenters. The Kier molecular flexibility index (Phi) is 8.16. The number of hydrogen-bond donors (Lipinski definition) is 0. The molecular weight excluding hydrogens is 793 g/mol. The van der Waals surface area contributed by atoms with E-state index in [0.29, 0.717) is 0 Å². The highest BCUT2D eigenvalue weighted by Crippen LogP contribution is 2.51. The predicted molar refractivity (Wildman–Crippen MR) is 274 cm³/mol. The molecule has 0 spiro atoms. The molecule has 2 nitrogen and oxygen atoms in total. The fourth-order valence-corrected chi connectivity index (χ4v) is 11.8. The maximum absolute atomic E-state index is 2.44. The third kappa shape index (κ3) is 5.64. The van der Waals surface area contributed by atoms with Crippen molar-refractivity contribution in [1.82, 2.24) is 4.57 Å². The quantitative estimate of drug-likeness (QED) is 0.152. The minimum Gasteiger partial charge on any atom is -0.310 e. The highest BCUT2D eigenvalue weighted by molar-refractivity contribution is 7.26. The molecule has 302 valence electrons. The lowest BCUT2D eigenvalue weighted by atomic mass is 9.82. The van der Waals surface area contributed by atoms with Gasteiger partial charge in [-0.15, -0.1) is 11.3 Å². The van der Waals surface area contributed by atoms with Gasteiger partial charge in [0.2, 0.25) is 0 Å². The third-order valence-electron chi connectivity index (χ3n) is 13.8. The highest BCUT2D eigenvalue weighted by atomic mass is 32.1. The van der Waals surface area contributed by atoms with Crippen LogP contribution in [0.4, 0.5) is 17.1 Å². The Balaban J connectivity index is 0.910. The van der Waals surface area contributed by atoms with E-state index in [4.69, 9.17) is 0 Å². The van der Waals surface area contributed by atoms with Crippen LogP contribution in [-0.2, 0) is 5.41 Å². The van der Waals surface area contributed by atoms with Crippen LogP contribution in [0.15, 0.2) is 218 Å². The van der Waals surface area contributed by atoms with E-state index in [1.54, 1.807) is 0 Å². The van der Waals surface area contributed by atoms with Crippen molar-refractivity contribution in [2.75, 3.05) is 4.90 Å². The number of anilines is 3. The van der Waals surface area contributed by atoms with Gasteiger partial charge >= 0.3 is 0 Å². The van der Waals surface area contributed by atoms with Crippen molar-refractivity contribution in [1.29, 1.82) is 0 Å². The van der Waals surface area contributed by atoms with Crippen LogP contribution >= 0.6 is 11.3 Å². The van der Waals surface area contributed by atoms with Crippen molar-refractivity contribution in [2.45, 2.75) is 19.3 Å². The van der Waals surface area contributed by atoms with Gasteiger partial charge in [-0.1, -0.05) is 159 Å². The molecule has 10 aromatic carbocycles. The van der Waals surface area contributed by atoms with Crippen LogP contribution < -0.4 is 4.90 Å². The molecule has 0 saturated carbocycles. The summed E-state index contributed by atoms with van der Waals surface area (Å²) in [6.45, 7) is 4.72. The van der Waals surface area contributed by atoms with Crippen LogP contribution in [-0.4, -0.2) is 4.57 Å². The van der Waals surface area contributed by atoms with Crippen LogP contribution in [0.1, 0.15) is 25.0 Å². The Hall–Kier alpha value is -7.72. The Morgan fingerprint density at radius 3 is 1.83 bits per heavy atom. The number of rotatable bonds is 6. The number of benzene rings is 10. The minimum atomic E-state index is -0.101. The van der Waals surface area contributed by atoms with Crippen LogP contribution in [0.5, 0.6) is 0 Å². The third-order valence-corrected chi connectivity index (χ3v) is 15.0. The van der Waals surface area contributed by atoms with Crippen molar-refractivity contribution in [3.63, 3.8) is 0 Å². The van der Waals surface area contributed by atoms with Crippen LogP contribution in [0, 0.1) is 0 Å². The fourth-order valence-electron chi connectivity index (χ4n) is 10.6. The molecule has 2 aromatic heterocycles. The first-order valence-corrected chi connectivity index (χ1v) is 23.0. The maximum atomic E-state index is 2.44. The van der Waals surface area contributed by atoms with Crippen molar-refractivity contribution in [3.05, 3.63) is 230 Å². The lowest BCUT2D eigenvalue weighted by molar-refractivity contribution is 0.660. The number of hydrogen-bond acceptors (Lipinski definition) is 2. The Bertz CT molecular complexity index is 3800.